The number of aromatic nitrogens is 2. The van der Waals surface area contributed by atoms with E-state index in [0.717, 1.165) is 10.1 Å². The molecule has 1 unspecified atom stereocenters. The minimum absolute atomic E-state index is 0.0545. The number of hydrogen-bond donors (Lipinski definition) is 1. The summed E-state index contributed by atoms with van der Waals surface area (Å²) < 4.78 is 17.1. The van der Waals surface area contributed by atoms with Crippen molar-refractivity contribution >= 4 is 39.6 Å². The Balaban J connectivity index is 1.46. The molecule has 0 saturated carbocycles. The molecule has 0 bridgehead atoms. The maximum atomic E-state index is 12.7. The molecule has 0 fully saturated rings. The standard InChI is InChI=1S/C23H21N3O6/c1-13-8-9-18(30-3)16(10-13)25-22(28)14(2)31-19(27)11-26-12-24-20-15-6-4-5-7-17(15)32-21(20)23(26)29/h4-10,12,14H,11H2,1-3H3,(H,25,28). The molecule has 2 aromatic carbocycles. The normalized spacial score (nSPS) is 12.0. The highest BCUT2D eigenvalue weighted by molar-refractivity contribution is 6.01. The third-order valence-electron chi connectivity index (χ3n) is 4.94. The number of hydrogen-bond acceptors (Lipinski definition) is 7. The third kappa shape index (κ3) is 4.04. The molecule has 0 aliphatic rings. The van der Waals surface area contributed by atoms with Gasteiger partial charge >= 0.3 is 5.97 Å². The second-order valence-corrected chi connectivity index (χ2v) is 7.28. The molecule has 32 heavy (non-hydrogen) atoms. The molecule has 0 radical (unpaired) electrons. The van der Waals surface area contributed by atoms with Gasteiger partial charge in [0, 0.05) is 5.39 Å². The van der Waals surface area contributed by atoms with E-state index in [9.17, 15) is 14.4 Å². The monoisotopic (exact) mass is 435 g/mol. The van der Waals surface area contributed by atoms with Gasteiger partial charge in [0.15, 0.2) is 6.10 Å². The first kappa shape index (κ1) is 21.1. The first-order chi connectivity index (χ1) is 15.4. The smallest absolute Gasteiger partial charge is 0.326 e. The number of carbonyl (C=O) groups excluding carboxylic acids is 2. The predicted octanol–water partition coefficient (Wildman–Crippen LogP) is 3.03. The van der Waals surface area contributed by atoms with Crippen LogP contribution in [-0.2, 0) is 20.9 Å². The van der Waals surface area contributed by atoms with Crippen LogP contribution in [0.4, 0.5) is 5.69 Å². The van der Waals surface area contributed by atoms with Crippen LogP contribution in [0.5, 0.6) is 5.75 Å². The highest BCUT2D eigenvalue weighted by atomic mass is 16.5. The third-order valence-corrected chi connectivity index (χ3v) is 4.94. The molecule has 9 nitrogen and oxygen atoms in total. The maximum absolute atomic E-state index is 12.7. The molecule has 0 aliphatic carbocycles. The van der Waals surface area contributed by atoms with Gasteiger partial charge in [-0.3, -0.25) is 19.0 Å². The van der Waals surface area contributed by atoms with Gasteiger partial charge in [0.05, 0.1) is 19.1 Å². The minimum Gasteiger partial charge on any atom is -0.495 e. The van der Waals surface area contributed by atoms with Gasteiger partial charge in [-0.1, -0.05) is 18.2 Å². The first-order valence-corrected chi connectivity index (χ1v) is 9.89. The molecule has 0 aliphatic heterocycles. The van der Waals surface area contributed by atoms with E-state index in [-0.39, 0.29) is 5.58 Å². The molecule has 1 atom stereocenters. The van der Waals surface area contributed by atoms with Crippen molar-refractivity contribution in [3.8, 4) is 5.75 Å². The van der Waals surface area contributed by atoms with E-state index in [2.05, 4.69) is 10.3 Å². The fraction of sp³-hybridized carbons (Fsp3) is 0.217. The summed E-state index contributed by atoms with van der Waals surface area (Å²) in [4.78, 5) is 41.8. The van der Waals surface area contributed by atoms with Crippen LogP contribution >= 0.6 is 0 Å². The van der Waals surface area contributed by atoms with E-state index in [0.29, 0.717) is 27.9 Å². The lowest BCUT2D eigenvalue weighted by Gasteiger charge is -2.16. The Labute approximate surface area is 182 Å². The van der Waals surface area contributed by atoms with Gasteiger partial charge in [-0.25, -0.2) is 4.98 Å². The Morgan fingerprint density at radius 3 is 2.78 bits per heavy atom. The molecule has 9 heteroatoms. The molecule has 2 aromatic heterocycles. The van der Waals surface area contributed by atoms with Gasteiger partial charge in [0.2, 0.25) is 5.58 Å². The van der Waals surface area contributed by atoms with Crippen LogP contribution in [0.1, 0.15) is 12.5 Å². The number of ether oxygens (including phenoxy) is 2. The molecule has 1 N–H and O–H groups in total. The Morgan fingerprint density at radius 1 is 1.22 bits per heavy atom. The van der Waals surface area contributed by atoms with Crippen molar-refractivity contribution in [3.63, 3.8) is 0 Å². The Kier molecular flexibility index (Phi) is 5.63. The molecule has 0 spiro atoms. The van der Waals surface area contributed by atoms with Gasteiger partial charge in [0.1, 0.15) is 23.4 Å². The number of amides is 1. The number of fused-ring (bicyclic) bond motifs is 3. The highest BCUT2D eigenvalue weighted by Crippen LogP contribution is 2.26. The maximum Gasteiger partial charge on any atom is 0.326 e. The molecular weight excluding hydrogens is 414 g/mol. The van der Waals surface area contributed by atoms with E-state index in [1.807, 2.05) is 19.1 Å². The number of benzene rings is 2. The number of carbonyl (C=O) groups is 2. The topological polar surface area (TPSA) is 113 Å². The zero-order chi connectivity index (χ0) is 22.8. The molecule has 4 aromatic rings. The zero-order valence-corrected chi connectivity index (χ0v) is 17.7. The second kappa shape index (κ2) is 8.54. The summed E-state index contributed by atoms with van der Waals surface area (Å²) in [6.07, 6.45) is 0.169. The predicted molar refractivity (Wildman–Crippen MR) is 118 cm³/mol. The van der Waals surface area contributed by atoms with Crippen molar-refractivity contribution in [2.75, 3.05) is 12.4 Å². The number of aryl methyl sites for hydroxylation is 1. The summed E-state index contributed by atoms with van der Waals surface area (Å²) >= 11 is 0. The fourth-order valence-electron chi connectivity index (χ4n) is 3.31. The van der Waals surface area contributed by atoms with Crippen LogP contribution in [0.25, 0.3) is 22.1 Å². The molecule has 2 heterocycles. The van der Waals surface area contributed by atoms with Gasteiger partial charge in [0.25, 0.3) is 11.5 Å². The highest BCUT2D eigenvalue weighted by Gasteiger charge is 2.21. The Hall–Kier alpha value is -4.14. The summed E-state index contributed by atoms with van der Waals surface area (Å²) in [5.74, 6) is -0.803. The van der Waals surface area contributed by atoms with E-state index >= 15 is 0 Å². The number of anilines is 1. The number of methoxy groups -OCH3 is 1. The summed E-state index contributed by atoms with van der Waals surface area (Å²) in [5.41, 5.74) is 1.90. The van der Waals surface area contributed by atoms with Gasteiger partial charge in [-0.2, -0.15) is 0 Å². The van der Waals surface area contributed by atoms with Crippen molar-refractivity contribution in [3.05, 3.63) is 64.7 Å². The van der Waals surface area contributed by atoms with Crippen LogP contribution in [0.3, 0.4) is 0 Å². The van der Waals surface area contributed by atoms with Crippen molar-refractivity contribution in [2.24, 2.45) is 0 Å². The number of furan rings is 1. The Bertz CT molecular complexity index is 1390. The van der Waals surface area contributed by atoms with E-state index in [4.69, 9.17) is 13.9 Å². The van der Waals surface area contributed by atoms with Crippen molar-refractivity contribution in [2.45, 2.75) is 26.5 Å². The average Bonchev–Trinajstić information content (AvgIpc) is 3.15. The van der Waals surface area contributed by atoms with Crippen LogP contribution in [0.15, 0.2) is 58.0 Å². The summed E-state index contributed by atoms with van der Waals surface area (Å²) in [6, 6.07) is 12.5. The quantitative estimate of drug-likeness (QED) is 0.463. The first-order valence-electron chi connectivity index (χ1n) is 9.89. The molecule has 1 amide bonds. The number of esters is 1. The number of rotatable bonds is 6. The molecular formula is C23H21N3O6. The second-order valence-electron chi connectivity index (χ2n) is 7.28. The van der Waals surface area contributed by atoms with Gasteiger partial charge < -0.3 is 19.2 Å². The van der Waals surface area contributed by atoms with Crippen molar-refractivity contribution in [1.29, 1.82) is 0 Å². The van der Waals surface area contributed by atoms with E-state index in [1.54, 1.807) is 30.3 Å². The Morgan fingerprint density at radius 2 is 2.00 bits per heavy atom. The van der Waals surface area contributed by atoms with Crippen LogP contribution in [0, 0.1) is 6.92 Å². The lowest BCUT2D eigenvalue weighted by Crippen LogP contribution is -2.33. The van der Waals surface area contributed by atoms with Gasteiger partial charge in [-0.05, 0) is 43.7 Å². The summed E-state index contributed by atoms with van der Waals surface area (Å²) in [5, 5.41) is 3.40. The van der Waals surface area contributed by atoms with Crippen LogP contribution in [0.2, 0.25) is 0 Å². The fourth-order valence-corrected chi connectivity index (χ4v) is 3.31. The SMILES string of the molecule is COc1ccc(C)cc1NC(=O)C(C)OC(=O)Cn1cnc2c(oc3ccccc32)c1=O. The lowest BCUT2D eigenvalue weighted by atomic mass is 10.2. The van der Waals surface area contributed by atoms with Crippen molar-refractivity contribution in [1.82, 2.24) is 9.55 Å². The number of para-hydroxylation sites is 1. The van der Waals surface area contributed by atoms with E-state index < -0.39 is 30.1 Å². The van der Waals surface area contributed by atoms with E-state index in [1.165, 1.54) is 20.4 Å². The average molecular weight is 435 g/mol. The molecule has 0 saturated heterocycles. The van der Waals surface area contributed by atoms with Crippen LogP contribution in [-0.4, -0.2) is 34.6 Å². The minimum atomic E-state index is -1.09. The van der Waals surface area contributed by atoms with Crippen LogP contribution < -0.4 is 15.6 Å². The van der Waals surface area contributed by atoms with Crippen molar-refractivity contribution < 1.29 is 23.5 Å². The summed E-state index contributed by atoms with van der Waals surface area (Å²) in [6.45, 7) is 2.91. The zero-order valence-electron chi connectivity index (χ0n) is 17.7. The number of nitrogens with one attached hydrogen (secondary N) is 1. The largest absolute Gasteiger partial charge is 0.495 e. The molecule has 4 rings (SSSR count). The molecule has 164 valence electrons. The van der Waals surface area contributed by atoms with Gasteiger partial charge in [-0.15, -0.1) is 0 Å². The lowest BCUT2D eigenvalue weighted by molar-refractivity contribution is -0.153. The summed E-state index contributed by atoms with van der Waals surface area (Å²) in [7, 11) is 1.49. The number of nitrogens with zero attached hydrogens (tertiary/aromatic N) is 2.